The molecule has 7 heteroatoms. The summed E-state index contributed by atoms with van der Waals surface area (Å²) in [6.07, 6.45) is 0.294. The molecule has 0 fully saturated rings. The number of carbonyl (C=O) groups excluding carboxylic acids is 3. The number of benzene rings is 1. The molecule has 0 unspecified atom stereocenters. The fraction of sp³-hybridized carbons (Fsp3) is 0.421. The Hall–Kier alpha value is -2.41. The first kappa shape index (κ1) is 19.9. The second-order valence-electron chi connectivity index (χ2n) is 7.09. The average molecular weight is 376 g/mol. The first-order valence-corrected chi connectivity index (χ1v) is 11.8. The highest BCUT2D eigenvalue weighted by molar-refractivity contribution is 6.86. The minimum Gasteiger partial charge on any atom is -0.468 e. The molecule has 0 spiro atoms. The van der Waals surface area contributed by atoms with E-state index in [1.807, 2.05) is 25.7 Å². The van der Waals surface area contributed by atoms with Gasteiger partial charge in [0.1, 0.15) is 0 Å². The first-order valence-electron chi connectivity index (χ1n) is 8.34. The van der Waals surface area contributed by atoms with Crippen LogP contribution in [-0.4, -0.2) is 46.8 Å². The van der Waals surface area contributed by atoms with Crippen molar-refractivity contribution in [2.45, 2.75) is 26.1 Å². The summed E-state index contributed by atoms with van der Waals surface area (Å²) in [4.78, 5) is 36.9. The Morgan fingerprint density at radius 1 is 0.962 bits per heavy atom. The number of hydrogen-bond donors (Lipinski definition) is 0. The minimum absolute atomic E-state index is 0.0762. The molecule has 1 aromatic carbocycles. The monoisotopic (exact) mass is 376 g/mol. The lowest BCUT2D eigenvalue weighted by molar-refractivity contribution is -0.160. The molecule has 0 atom stereocenters. The molecule has 0 radical (unpaired) electrons. The van der Waals surface area contributed by atoms with E-state index in [2.05, 4.69) is 0 Å². The van der Waals surface area contributed by atoms with Gasteiger partial charge in [-0.2, -0.15) is 0 Å². The molecule has 0 aliphatic heterocycles. The van der Waals surface area contributed by atoms with Crippen LogP contribution >= 0.6 is 0 Å². The average Bonchev–Trinajstić information content (AvgIpc) is 3.31. The zero-order chi connectivity index (χ0) is 19.5. The van der Waals surface area contributed by atoms with Crippen molar-refractivity contribution in [1.82, 2.24) is 0 Å². The van der Waals surface area contributed by atoms with Crippen LogP contribution in [0, 0.1) is 5.41 Å². The van der Waals surface area contributed by atoms with E-state index < -0.39 is 31.4 Å². The topological polar surface area (TPSA) is 78.9 Å². The summed E-state index contributed by atoms with van der Waals surface area (Å²) in [5.74, 6) is -1.71. The number of ether oxygens (including phenoxy) is 3. The predicted octanol–water partition coefficient (Wildman–Crippen LogP) is 2.75. The Morgan fingerprint density at radius 2 is 1.50 bits per heavy atom. The smallest absolute Gasteiger partial charge is 0.338 e. The van der Waals surface area contributed by atoms with E-state index in [0.29, 0.717) is 17.6 Å². The highest BCUT2D eigenvalue weighted by Gasteiger charge is 2.69. The van der Waals surface area contributed by atoms with E-state index in [1.165, 1.54) is 14.2 Å². The van der Waals surface area contributed by atoms with Crippen LogP contribution in [0.4, 0.5) is 0 Å². The van der Waals surface area contributed by atoms with Crippen LogP contribution in [0.25, 0.3) is 0 Å². The molecule has 0 saturated heterocycles. The maximum absolute atomic E-state index is 12.4. The summed E-state index contributed by atoms with van der Waals surface area (Å²) >= 11 is 0. The molecule has 1 aromatic rings. The summed E-state index contributed by atoms with van der Waals surface area (Å²) in [6.45, 7) is 6.22. The summed E-state index contributed by atoms with van der Waals surface area (Å²) < 4.78 is 15.1. The minimum atomic E-state index is -1.98. The molecule has 0 heterocycles. The highest BCUT2D eigenvalue weighted by Crippen LogP contribution is 2.59. The molecule has 0 aromatic heterocycles. The van der Waals surface area contributed by atoms with Gasteiger partial charge in [-0.15, -0.1) is 0 Å². The van der Waals surface area contributed by atoms with Gasteiger partial charge >= 0.3 is 17.9 Å². The van der Waals surface area contributed by atoms with Crippen molar-refractivity contribution in [3.8, 4) is 0 Å². The van der Waals surface area contributed by atoms with E-state index in [-0.39, 0.29) is 6.61 Å². The summed E-state index contributed by atoms with van der Waals surface area (Å²) in [5.41, 5.74) is -0.321. The second kappa shape index (κ2) is 7.45. The van der Waals surface area contributed by atoms with Crippen molar-refractivity contribution in [1.29, 1.82) is 0 Å². The van der Waals surface area contributed by atoms with Gasteiger partial charge in [-0.25, -0.2) is 4.79 Å². The van der Waals surface area contributed by atoms with Gasteiger partial charge in [0.15, 0.2) is 0 Å². The maximum atomic E-state index is 12.4. The third-order valence-corrected chi connectivity index (χ3v) is 6.57. The molecule has 1 aliphatic rings. The van der Waals surface area contributed by atoms with Crippen molar-refractivity contribution in [2.75, 3.05) is 20.8 Å². The fourth-order valence-electron chi connectivity index (χ4n) is 3.40. The van der Waals surface area contributed by atoms with Crippen LogP contribution in [0.3, 0.4) is 0 Å². The van der Waals surface area contributed by atoms with Crippen LogP contribution in [-0.2, 0) is 23.8 Å². The standard InChI is InChI=1S/C19H24O6Si/c1-23-17(21)19(18(22)24-2)14(15(19)26(3,4)5)11-12-25-16(20)13-9-7-6-8-10-13/h6-10H,11-12H2,1-5H3. The van der Waals surface area contributed by atoms with Gasteiger partial charge in [-0.3, -0.25) is 9.59 Å². The van der Waals surface area contributed by atoms with Crippen LogP contribution in [0.2, 0.25) is 19.6 Å². The van der Waals surface area contributed by atoms with E-state index >= 15 is 0 Å². The van der Waals surface area contributed by atoms with Gasteiger partial charge in [0.25, 0.3) is 0 Å². The Balaban J connectivity index is 2.16. The first-order chi connectivity index (χ1) is 12.2. The molecule has 0 amide bonds. The number of carbonyl (C=O) groups is 3. The van der Waals surface area contributed by atoms with Crippen molar-refractivity contribution in [3.05, 3.63) is 46.7 Å². The molecular formula is C19H24O6Si. The lowest BCUT2D eigenvalue weighted by atomic mass is 9.99. The highest BCUT2D eigenvalue weighted by atomic mass is 28.3. The molecule has 0 N–H and O–H groups in total. The van der Waals surface area contributed by atoms with Gasteiger partial charge in [0, 0.05) is 6.42 Å². The Kier molecular flexibility index (Phi) is 5.70. The van der Waals surface area contributed by atoms with E-state index in [1.54, 1.807) is 24.3 Å². The Bertz CT molecular complexity index is 729. The van der Waals surface area contributed by atoms with Gasteiger partial charge in [0.2, 0.25) is 5.41 Å². The molecule has 0 saturated carbocycles. The normalized spacial score (nSPS) is 15.3. The van der Waals surface area contributed by atoms with Gasteiger partial charge in [-0.1, -0.05) is 37.8 Å². The Morgan fingerprint density at radius 3 is 1.96 bits per heavy atom. The van der Waals surface area contributed by atoms with E-state index in [0.717, 1.165) is 5.20 Å². The SMILES string of the molecule is COC(=O)C1(C(=O)OC)C(CCOC(=O)c2ccccc2)=C1[Si](C)(C)C. The molecule has 6 nitrogen and oxygen atoms in total. The zero-order valence-electron chi connectivity index (χ0n) is 15.8. The van der Waals surface area contributed by atoms with Crippen molar-refractivity contribution in [3.63, 3.8) is 0 Å². The predicted molar refractivity (Wildman–Crippen MR) is 98.2 cm³/mol. The fourth-order valence-corrected chi connectivity index (χ4v) is 6.04. The number of rotatable bonds is 7. The van der Waals surface area contributed by atoms with Crippen molar-refractivity contribution >= 4 is 26.0 Å². The van der Waals surface area contributed by atoms with Crippen molar-refractivity contribution in [2.24, 2.45) is 5.41 Å². The maximum Gasteiger partial charge on any atom is 0.338 e. The molecule has 26 heavy (non-hydrogen) atoms. The Labute approximate surface area is 154 Å². The third kappa shape index (κ3) is 3.44. The lowest BCUT2D eigenvalue weighted by Gasteiger charge is -2.20. The number of methoxy groups -OCH3 is 2. The van der Waals surface area contributed by atoms with Crippen LogP contribution < -0.4 is 0 Å². The van der Waals surface area contributed by atoms with Gasteiger partial charge in [-0.05, 0) is 22.9 Å². The summed E-state index contributed by atoms with van der Waals surface area (Å²) in [5, 5.41) is 0.805. The van der Waals surface area contributed by atoms with Crippen LogP contribution in [0.1, 0.15) is 16.8 Å². The molecule has 0 bridgehead atoms. The second-order valence-corrected chi connectivity index (χ2v) is 12.1. The number of hydrogen-bond acceptors (Lipinski definition) is 6. The quantitative estimate of drug-likeness (QED) is 0.315. The largest absolute Gasteiger partial charge is 0.468 e. The zero-order valence-corrected chi connectivity index (χ0v) is 16.8. The van der Waals surface area contributed by atoms with Crippen molar-refractivity contribution < 1.29 is 28.6 Å². The molecule has 1 aliphatic carbocycles. The lowest BCUT2D eigenvalue weighted by Crippen LogP contribution is -2.38. The summed E-state index contributed by atoms with van der Waals surface area (Å²) in [7, 11) is 0.517. The van der Waals surface area contributed by atoms with Gasteiger partial charge in [0.05, 0.1) is 34.5 Å². The van der Waals surface area contributed by atoms with E-state index in [4.69, 9.17) is 14.2 Å². The molecular weight excluding hydrogens is 352 g/mol. The van der Waals surface area contributed by atoms with E-state index in [9.17, 15) is 14.4 Å². The molecule has 140 valence electrons. The van der Waals surface area contributed by atoms with Crippen LogP contribution in [0.15, 0.2) is 41.1 Å². The molecule has 2 rings (SSSR count). The van der Waals surface area contributed by atoms with Gasteiger partial charge < -0.3 is 14.2 Å². The number of esters is 3. The summed E-state index contributed by atoms with van der Waals surface area (Å²) in [6, 6.07) is 8.65. The third-order valence-electron chi connectivity index (χ3n) is 4.39. The van der Waals surface area contributed by atoms with Crippen LogP contribution in [0.5, 0.6) is 0 Å².